The number of hydrogen-bond acceptors (Lipinski definition) is 3. The molecule has 1 atom stereocenters. The van der Waals surface area contributed by atoms with Crippen molar-refractivity contribution in [2.24, 2.45) is 10.9 Å². The summed E-state index contributed by atoms with van der Waals surface area (Å²) >= 11 is 0. The van der Waals surface area contributed by atoms with Gasteiger partial charge < -0.3 is 15.4 Å². The minimum Gasteiger partial charge on any atom is -0.490 e. The van der Waals surface area contributed by atoms with Crippen molar-refractivity contribution in [2.45, 2.75) is 59.9 Å². The smallest absolute Gasteiger partial charge is 0.319 e. The van der Waals surface area contributed by atoms with Crippen LogP contribution in [0.2, 0.25) is 0 Å². The van der Waals surface area contributed by atoms with Crippen molar-refractivity contribution >= 4 is 29.9 Å². The summed E-state index contributed by atoms with van der Waals surface area (Å²) in [7, 11) is 1.63. The number of imidazole rings is 1. The third-order valence-electron chi connectivity index (χ3n) is 4.40. The van der Waals surface area contributed by atoms with Gasteiger partial charge in [0.05, 0.1) is 12.6 Å². The fourth-order valence-electron chi connectivity index (χ4n) is 3.07. The number of hydrogen-bond donors (Lipinski definition) is 2. The molecule has 2 rings (SSSR count). The number of alkyl halides is 2. The summed E-state index contributed by atoms with van der Waals surface area (Å²) in [5.74, 6) is 2.13. The molecule has 9 heteroatoms. The summed E-state index contributed by atoms with van der Waals surface area (Å²) in [5, 5.41) is 6.22. The molecule has 0 aliphatic heterocycles. The van der Waals surface area contributed by atoms with Crippen molar-refractivity contribution in [3.05, 3.63) is 47.5 Å². The number of halogens is 3. The van der Waals surface area contributed by atoms with Crippen LogP contribution in [0.3, 0.4) is 0 Å². The monoisotopic (exact) mass is 535 g/mol. The molecule has 168 valence electrons. The molecule has 1 unspecified atom stereocenters. The topological polar surface area (TPSA) is 63.5 Å². The fourth-order valence-corrected chi connectivity index (χ4v) is 3.07. The Labute approximate surface area is 194 Å². The number of guanidine groups is 1. The molecule has 0 saturated carbocycles. The Morgan fingerprint density at radius 2 is 1.90 bits per heavy atom. The highest BCUT2D eigenvalue weighted by Crippen LogP contribution is 2.23. The molecular formula is C21H32F2IN5O. The Hall–Kier alpha value is -1.91. The Morgan fingerprint density at radius 3 is 2.53 bits per heavy atom. The molecule has 1 aromatic heterocycles. The van der Waals surface area contributed by atoms with E-state index < -0.39 is 6.55 Å². The molecule has 30 heavy (non-hydrogen) atoms. The number of nitrogens with zero attached hydrogens (tertiary/aromatic N) is 3. The van der Waals surface area contributed by atoms with E-state index in [-0.39, 0.29) is 42.4 Å². The van der Waals surface area contributed by atoms with Gasteiger partial charge in [-0.15, -0.1) is 24.0 Å². The van der Waals surface area contributed by atoms with Crippen LogP contribution < -0.4 is 15.4 Å². The Morgan fingerprint density at radius 1 is 1.20 bits per heavy atom. The first-order valence-electron chi connectivity index (χ1n) is 9.80. The fraction of sp³-hybridized carbons (Fsp3) is 0.524. The van der Waals surface area contributed by atoms with E-state index >= 15 is 0 Å². The van der Waals surface area contributed by atoms with Crippen molar-refractivity contribution in [2.75, 3.05) is 7.05 Å². The molecule has 0 radical (unpaired) electrons. The summed E-state index contributed by atoms with van der Waals surface area (Å²) in [6.07, 6.45) is 3.70. The number of aromatic nitrogens is 2. The summed E-state index contributed by atoms with van der Waals surface area (Å²) in [4.78, 5) is 8.11. The lowest BCUT2D eigenvalue weighted by atomic mass is 10.1. The van der Waals surface area contributed by atoms with Gasteiger partial charge in [0.15, 0.2) is 5.96 Å². The van der Waals surface area contributed by atoms with Gasteiger partial charge in [-0.1, -0.05) is 26.0 Å². The standard InChI is InChI=1S/C21H31F2N5O.HI/c1-14(2)10-16(4)29-18-11-15(3)6-7-17(18)12-26-21(24-5)27-13-19-25-8-9-28(19)20(22)23;/h6-9,11,14,16,20H,10,12-13H2,1-5H3,(H2,24,26,27);1H. The number of nitrogens with one attached hydrogen (secondary N) is 2. The molecule has 0 fully saturated rings. The van der Waals surface area contributed by atoms with Gasteiger partial charge >= 0.3 is 6.55 Å². The second-order valence-electron chi connectivity index (χ2n) is 7.48. The quantitative estimate of drug-likeness (QED) is 0.273. The number of benzene rings is 1. The van der Waals surface area contributed by atoms with Crippen LogP contribution in [-0.4, -0.2) is 28.7 Å². The number of rotatable bonds is 9. The van der Waals surface area contributed by atoms with Crippen LogP contribution in [0.1, 0.15) is 50.7 Å². The molecule has 6 nitrogen and oxygen atoms in total. The third kappa shape index (κ3) is 8.08. The lowest BCUT2D eigenvalue weighted by molar-refractivity contribution is 0.0668. The van der Waals surface area contributed by atoms with Crippen molar-refractivity contribution in [3.63, 3.8) is 0 Å². The summed E-state index contributed by atoms with van der Waals surface area (Å²) in [5.41, 5.74) is 2.13. The average molecular weight is 535 g/mol. The van der Waals surface area contributed by atoms with Crippen LogP contribution in [0.4, 0.5) is 8.78 Å². The zero-order chi connectivity index (χ0) is 21.4. The van der Waals surface area contributed by atoms with Gasteiger partial charge in [0, 0.05) is 31.5 Å². The van der Waals surface area contributed by atoms with Gasteiger partial charge in [-0.2, -0.15) is 8.78 Å². The molecule has 0 amide bonds. The molecule has 0 aliphatic carbocycles. The van der Waals surface area contributed by atoms with Crippen LogP contribution in [0.25, 0.3) is 0 Å². The predicted molar refractivity (Wildman–Crippen MR) is 127 cm³/mol. The first kappa shape index (κ1) is 26.1. The molecule has 2 N–H and O–H groups in total. The Balaban J connectivity index is 0.00000450. The molecular weight excluding hydrogens is 503 g/mol. The molecule has 0 saturated heterocycles. The summed E-state index contributed by atoms with van der Waals surface area (Å²) in [6.45, 7) is 6.46. The predicted octanol–water partition coefficient (Wildman–Crippen LogP) is 4.88. The molecule has 2 aromatic rings. The molecule has 0 spiro atoms. The van der Waals surface area contributed by atoms with Crippen LogP contribution in [-0.2, 0) is 13.1 Å². The van der Waals surface area contributed by atoms with Crippen molar-refractivity contribution in [1.82, 2.24) is 20.2 Å². The molecule has 0 aliphatic rings. The van der Waals surface area contributed by atoms with Crippen LogP contribution in [0.15, 0.2) is 35.6 Å². The first-order valence-corrected chi connectivity index (χ1v) is 9.80. The normalized spacial score (nSPS) is 12.6. The lowest BCUT2D eigenvalue weighted by Crippen LogP contribution is -2.37. The maximum Gasteiger partial charge on any atom is 0.319 e. The lowest BCUT2D eigenvalue weighted by Gasteiger charge is -2.20. The maximum atomic E-state index is 12.9. The van der Waals surface area contributed by atoms with E-state index in [0.29, 0.717) is 18.4 Å². The number of aliphatic imine (C=N–C) groups is 1. The van der Waals surface area contributed by atoms with Gasteiger partial charge in [-0.05, 0) is 37.8 Å². The second kappa shape index (κ2) is 12.7. The van der Waals surface area contributed by atoms with Crippen molar-refractivity contribution < 1.29 is 13.5 Å². The molecule has 1 heterocycles. The highest BCUT2D eigenvalue weighted by molar-refractivity contribution is 14.0. The van der Waals surface area contributed by atoms with Gasteiger partial charge in [-0.3, -0.25) is 9.56 Å². The van der Waals surface area contributed by atoms with Crippen LogP contribution in [0.5, 0.6) is 5.75 Å². The van der Waals surface area contributed by atoms with Gasteiger partial charge in [0.25, 0.3) is 0 Å². The maximum absolute atomic E-state index is 12.9. The Kier molecular flexibility index (Phi) is 11.1. The van der Waals surface area contributed by atoms with Gasteiger partial charge in [0.2, 0.25) is 0 Å². The minimum atomic E-state index is -2.62. The van der Waals surface area contributed by atoms with Gasteiger partial charge in [-0.25, -0.2) is 4.98 Å². The van der Waals surface area contributed by atoms with Crippen molar-refractivity contribution in [3.8, 4) is 5.75 Å². The Bertz CT molecular complexity index is 810. The van der Waals surface area contributed by atoms with E-state index in [4.69, 9.17) is 4.74 Å². The molecule has 1 aromatic carbocycles. The highest BCUT2D eigenvalue weighted by atomic mass is 127. The zero-order valence-corrected chi connectivity index (χ0v) is 20.5. The van der Waals surface area contributed by atoms with E-state index in [1.54, 1.807) is 7.05 Å². The number of ether oxygens (including phenoxy) is 1. The van der Waals surface area contributed by atoms with E-state index in [0.717, 1.165) is 27.9 Å². The van der Waals surface area contributed by atoms with Crippen LogP contribution >= 0.6 is 24.0 Å². The van der Waals surface area contributed by atoms with Crippen molar-refractivity contribution in [1.29, 1.82) is 0 Å². The third-order valence-corrected chi connectivity index (χ3v) is 4.40. The zero-order valence-electron chi connectivity index (χ0n) is 18.2. The largest absolute Gasteiger partial charge is 0.490 e. The first-order chi connectivity index (χ1) is 13.8. The van der Waals surface area contributed by atoms with E-state index in [9.17, 15) is 8.78 Å². The molecule has 0 bridgehead atoms. The van der Waals surface area contributed by atoms with Crippen LogP contribution in [0, 0.1) is 12.8 Å². The van der Waals surface area contributed by atoms with E-state index in [1.807, 2.05) is 25.1 Å². The second-order valence-corrected chi connectivity index (χ2v) is 7.48. The highest BCUT2D eigenvalue weighted by Gasteiger charge is 2.13. The SMILES string of the molecule is CN=C(NCc1ccc(C)cc1OC(C)CC(C)C)NCc1nccn1C(F)F.I. The van der Waals surface area contributed by atoms with E-state index in [2.05, 4.69) is 41.4 Å². The van der Waals surface area contributed by atoms with E-state index in [1.165, 1.54) is 12.4 Å². The summed E-state index contributed by atoms with van der Waals surface area (Å²) in [6, 6.07) is 6.09. The minimum absolute atomic E-state index is 0. The summed E-state index contributed by atoms with van der Waals surface area (Å²) < 4.78 is 32.9. The number of aryl methyl sites for hydroxylation is 1. The van der Waals surface area contributed by atoms with Gasteiger partial charge in [0.1, 0.15) is 11.6 Å². The average Bonchev–Trinajstić information content (AvgIpc) is 3.11.